The van der Waals surface area contributed by atoms with Gasteiger partial charge in [-0.05, 0) is 50.3 Å². The molecule has 0 amide bonds. The summed E-state index contributed by atoms with van der Waals surface area (Å²) in [6.07, 6.45) is 2.00. The third kappa shape index (κ3) is 3.95. The number of hydrogen-bond donors (Lipinski definition) is 2. The van der Waals surface area contributed by atoms with Gasteiger partial charge in [-0.1, -0.05) is 0 Å². The van der Waals surface area contributed by atoms with Gasteiger partial charge in [-0.15, -0.1) is 0 Å². The van der Waals surface area contributed by atoms with Gasteiger partial charge >= 0.3 is 0 Å². The van der Waals surface area contributed by atoms with Crippen LogP contribution in [0.15, 0.2) is 30.5 Å². The van der Waals surface area contributed by atoms with Crippen LogP contribution >= 0.6 is 12.2 Å². The molecule has 0 radical (unpaired) electrons. The van der Waals surface area contributed by atoms with Crippen molar-refractivity contribution < 1.29 is 4.74 Å². The Balaban J connectivity index is 1.96. The lowest BCUT2D eigenvalue weighted by Crippen LogP contribution is -2.31. The number of rotatable bonds is 4. The third-order valence-electron chi connectivity index (χ3n) is 3.21. The molecule has 0 aliphatic carbocycles. The van der Waals surface area contributed by atoms with Crippen LogP contribution in [-0.4, -0.2) is 22.0 Å². The summed E-state index contributed by atoms with van der Waals surface area (Å²) in [5.74, 6) is 0.818. The predicted molar refractivity (Wildman–Crippen MR) is 88.7 cm³/mol. The van der Waals surface area contributed by atoms with Gasteiger partial charge in [0.15, 0.2) is 5.11 Å². The van der Waals surface area contributed by atoms with Gasteiger partial charge < -0.3 is 15.4 Å². The Kier molecular flexibility index (Phi) is 4.80. The quantitative estimate of drug-likeness (QED) is 0.851. The van der Waals surface area contributed by atoms with E-state index >= 15 is 0 Å². The van der Waals surface area contributed by atoms with E-state index in [0.717, 1.165) is 22.7 Å². The van der Waals surface area contributed by atoms with Crippen LogP contribution < -0.4 is 15.4 Å². The van der Waals surface area contributed by atoms with Crippen molar-refractivity contribution >= 4 is 23.0 Å². The molecule has 6 heteroatoms. The first-order valence-electron chi connectivity index (χ1n) is 6.71. The summed E-state index contributed by atoms with van der Waals surface area (Å²) in [7, 11) is 3.56. The summed E-state index contributed by atoms with van der Waals surface area (Å²) in [5, 5.41) is 11.3. The molecule has 0 aliphatic heterocycles. The maximum absolute atomic E-state index is 5.34. The lowest BCUT2D eigenvalue weighted by atomic mass is 10.1. The molecule has 2 rings (SSSR count). The first kappa shape index (κ1) is 15.3. The largest absolute Gasteiger partial charge is 0.497 e. The van der Waals surface area contributed by atoms with Gasteiger partial charge in [0.2, 0.25) is 0 Å². The van der Waals surface area contributed by atoms with Gasteiger partial charge in [0, 0.05) is 24.5 Å². The zero-order valence-electron chi connectivity index (χ0n) is 12.7. The summed E-state index contributed by atoms with van der Waals surface area (Å²) in [6, 6.07) is 7.72. The molecule has 0 saturated heterocycles. The Morgan fingerprint density at radius 2 is 2.00 bits per heavy atom. The second kappa shape index (κ2) is 6.58. The molecule has 1 unspecified atom stereocenters. The first-order chi connectivity index (χ1) is 9.99. The number of ether oxygens (including phenoxy) is 1. The summed E-state index contributed by atoms with van der Waals surface area (Å²) >= 11 is 5.34. The highest BCUT2D eigenvalue weighted by molar-refractivity contribution is 7.80. The molecule has 1 atom stereocenters. The van der Waals surface area contributed by atoms with E-state index in [1.807, 2.05) is 49.1 Å². The standard InChI is InChI=1S/C15H20N4OS/c1-10(14-9-19(3)18-11(14)2)16-15(21)17-12-5-7-13(20-4)8-6-12/h5-10H,1-4H3,(H2,16,17,21). The van der Waals surface area contributed by atoms with Crippen LogP contribution in [0.5, 0.6) is 5.75 Å². The van der Waals surface area contributed by atoms with E-state index in [2.05, 4.69) is 22.7 Å². The van der Waals surface area contributed by atoms with E-state index in [1.165, 1.54) is 0 Å². The smallest absolute Gasteiger partial charge is 0.171 e. The zero-order chi connectivity index (χ0) is 15.4. The van der Waals surface area contributed by atoms with Gasteiger partial charge in [-0.3, -0.25) is 4.68 Å². The van der Waals surface area contributed by atoms with Crippen LogP contribution in [0, 0.1) is 6.92 Å². The van der Waals surface area contributed by atoms with E-state index < -0.39 is 0 Å². The molecule has 1 aromatic carbocycles. The minimum absolute atomic E-state index is 0.0944. The highest BCUT2D eigenvalue weighted by Gasteiger charge is 2.12. The molecule has 21 heavy (non-hydrogen) atoms. The van der Waals surface area contributed by atoms with E-state index in [9.17, 15) is 0 Å². The lowest BCUT2D eigenvalue weighted by molar-refractivity contribution is 0.415. The summed E-state index contributed by atoms with van der Waals surface area (Å²) in [4.78, 5) is 0. The number of methoxy groups -OCH3 is 1. The Hall–Kier alpha value is -2.08. The highest BCUT2D eigenvalue weighted by atomic mass is 32.1. The normalized spacial score (nSPS) is 11.8. The second-order valence-electron chi connectivity index (χ2n) is 4.89. The van der Waals surface area contributed by atoms with E-state index in [1.54, 1.807) is 7.11 Å². The predicted octanol–water partition coefficient (Wildman–Crippen LogP) is 2.78. The summed E-state index contributed by atoms with van der Waals surface area (Å²) in [5.41, 5.74) is 3.06. The van der Waals surface area contributed by atoms with Crippen LogP contribution in [0.2, 0.25) is 0 Å². The molecule has 1 heterocycles. The number of nitrogens with zero attached hydrogens (tertiary/aromatic N) is 2. The molecule has 5 nitrogen and oxygen atoms in total. The van der Waals surface area contributed by atoms with E-state index in [4.69, 9.17) is 17.0 Å². The molecule has 0 aliphatic rings. The van der Waals surface area contributed by atoms with E-state index in [-0.39, 0.29) is 6.04 Å². The van der Waals surface area contributed by atoms with Crippen LogP contribution in [0.1, 0.15) is 24.2 Å². The molecule has 0 spiro atoms. The van der Waals surface area contributed by atoms with Crippen LogP contribution in [-0.2, 0) is 7.05 Å². The van der Waals surface area contributed by atoms with Crippen LogP contribution in [0.3, 0.4) is 0 Å². The fraction of sp³-hybridized carbons (Fsp3) is 0.333. The first-order valence-corrected chi connectivity index (χ1v) is 7.12. The topological polar surface area (TPSA) is 51.1 Å². The number of aromatic nitrogens is 2. The summed E-state index contributed by atoms with van der Waals surface area (Å²) in [6.45, 7) is 4.06. The average molecular weight is 304 g/mol. The zero-order valence-corrected chi connectivity index (χ0v) is 13.5. The van der Waals surface area contributed by atoms with Crippen molar-refractivity contribution in [1.82, 2.24) is 15.1 Å². The third-order valence-corrected chi connectivity index (χ3v) is 3.43. The van der Waals surface area contributed by atoms with Crippen molar-refractivity contribution in [2.24, 2.45) is 7.05 Å². The van der Waals surface area contributed by atoms with Gasteiger partial charge in [0.05, 0.1) is 18.8 Å². The number of benzene rings is 1. The summed E-state index contributed by atoms with van der Waals surface area (Å²) < 4.78 is 6.93. The van der Waals surface area contributed by atoms with E-state index in [0.29, 0.717) is 5.11 Å². The Morgan fingerprint density at radius 1 is 1.33 bits per heavy atom. The molecule has 0 bridgehead atoms. The Labute approximate surface area is 130 Å². The molecule has 0 fully saturated rings. The number of hydrogen-bond acceptors (Lipinski definition) is 3. The number of thiocarbonyl (C=S) groups is 1. The number of aryl methyl sites for hydroxylation is 2. The van der Waals surface area contributed by atoms with Gasteiger partial charge in [0.1, 0.15) is 5.75 Å². The molecule has 1 aromatic heterocycles. The molecule has 2 N–H and O–H groups in total. The average Bonchev–Trinajstić information content (AvgIpc) is 2.78. The van der Waals surface area contributed by atoms with Crippen molar-refractivity contribution in [2.45, 2.75) is 19.9 Å². The minimum Gasteiger partial charge on any atom is -0.497 e. The van der Waals surface area contributed by atoms with Crippen molar-refractivity contribution in [1.29, 1.82) is 0 Å². The van der Waals surface area contributed by atoms with Crippen molar-refractivity contribution in [3.05, 3.63) is 41.7 Å². The number of nitrogens with one attached hydrogen (secondary N) is 2. The van der Waals surface area contributed by atoms with Gasteiger partial charge in [-0.25, -0.2) is 0 Å². The maximum Gasteiger partial charge on any atom is 0.171 e. The molecule has 2 aromatic rings. The fourth-order valence-electron chi connectivity index (χ4n) is 2.16. The van der Waals surface area contributed by atoms with Crippen molar-refractivity contribution in [3.8, 4) is 5.75 Å². The molecular weight excluding hydrogens is 284 g/mol. The van der Waals surface area contributed by atoms with Crippen molar-refractivity contribution in [2.75, 3.05) is 12.4 Å². The van der Waals surface area contributed by atoms with Gasteiger partial charge in [-0.2, -0.15) is 5.10 Å². The van der Waals surface area contributed by atoms with Crippen LogP contribution in [0.25, 0.3) is 0 Å². The Bertz CT molecular complexity index is 621. The fourth-order valence-corrected chi connectivity index (χ4v) is 2.45. The minimum atomic E-state index is 0.0944. The maximum atomic E-state index is 5.34. The SMILES string of the molecule is COc1ccc(NC(=S)NC(C)c2cn(C)nc2C)cc1. The molecule has 112 valence electrons. The van der Waals surface area contributed by atoms with Crippen LogP contribution in [0.4, 0.5) is 5.69 Å². The highest BCUT2D eigenvalue weighted by Crippen LogP contribution is 2.17. The number of anilines is 1. The van der Waals surface area contributed by atoms with Crippen molar-refractivity contribution in [3.63, 3.8) is 0 Å². The molecule has 0 saturated carbocycles. The molecular formula is C15H20N4OS. The Morgan fingerprint density at radius 3 is 2.52 bits per heavy atom. The van der Waals surface area contributed by atoms with Gasteiger partial charge in [0.25, 0.3) is 0 Å². The second-order valence-corrected chi connectivity index (χ2v) is 5.30. The lowest BCUT2D eigenvalue weighted by Gasteiger charge is -2.16. The monoisotopic (exact) mass is 304 g/mol.